The number of unbranched alkanes of at least 4 members (excludes halogenated alkanes) is 4. The van der Waals surface area contributed by atoms with Crippen molar-refractivity contribution in [2.75, 3.05) is 13.2 Å². The molecule has 1 aliphatic heterocycles. The van der Waals surface area contributed by atoms with Gasteiger partial charge in [0.1, 0.15) is 12.7 Å². The van der Waals surface area contributed by atoms with Crippen LogP contribution in [0, 0.1) is 0 Å². The average Bonchev–Trinajstić information content (AvgIpc) is 3.29. The van der Waals surface area contributed by atoms with Crippen LogP contribution in [0.3, 0.4) is 0 Å². The van der Waals surface area contributed by atoms with E-state index in [1.165, 1.54) is 37.7 Å². The molecule has 110 valence electrons. The van der Waals surface area contributed by atoms with Crippen molar-refractivity contribution in [3.8, 4) is 0 Å². The van der Waals surface area contributed by atoms with Gasteiger partial charge in [0.2, 0.25) is 0 Å². The van der Waals surface area contributed by atoms with Gasteiger partial charge in [-0.2, -0.15) is 0 Å². The Morgan fingerprint density at radius 1 is 1.30 bits per heavy atom. The molecule has 0 aliphatic carbocycles. The normalized spacial score (nSPS) is 16.9. The van der Waals surface area contributed by atoms with Crippen LogP contribution in [0.4, 0.5) is 0 Å². The lowest BCUT2D eigenvalue weighted by atomic mass is 10.0. The van der Waals surface area contributed by atoms with E-state index in [9.17, 15) is 4.79 Å². The van der Waals surface area contributed by atoms with E-state index >= 15 is 0 Å². The Hall–Kier alpha value is -1.35. The molecule has 0 radical (unpaired) electrons. The Balaban J connectivity index is 1.75. The van der Waals surface area contributed by atoms with Gasteiger partial charge in [-0.1, -0.05) is 44.7 Å². The summed E-state index contributed by atoms with van der Waals surface area (Å²) in [5.74, 6) is -0.242. The van der Waals surface area contributed by atoms with Crippen molar-refractivity contribution in [1.29, 1.82) is 0 Å². The van der Waals surface area contributed by atoms with E-state index in [1.54, 1.807) is 0 Å². The first-order chi connectivity index (χ1) is 9.79. The number of ether oxygens (including phenoxy) is 2. The maximum absolute atomic E-state index is 11.9. The molecule has 0 spiro atoms. The Morgan fingerprint density at radius 3 is 2.85 bits per heavy atom. The third-order valence-corrected chi connectivity index (χ3v) is 3.53. The van der Waals surface area contributed by atoms with Gasteiger partial charge >= 0.3 is 5.97 Å². The first-order valence-corrected chi connectivity index (χ1v) is 7.67. The minimum Gasteiger partial charge on any atom is -0.459 e. The fourth-order valence-corrected chi connectivity index (χ4v) is 2.20. The standard InChI is InChI=1S/C17H24O3/c1-2-3-4-5-6-8-14-9-7-10-15(11-14)17(18)20-13-16-12-19-16/h7,9-11,16H,2-6,8,12-13H2,1H3. The van der Waals surface area contributed by atoms with E-state index in [4.69, 9.17) is 9.47 Å². The number of aryl methyl sites for hydroxylation is 1. The molecule has 1 unspecified atom stereocenters. The van der Waals surface area contributed by atoms with Gasteiger partial charge in [0.05, 0.1) is 12.2 Å². The van der Waals surface area contributed by atoms with Crippen LogP contribution in [0.5, 0.6) is 0 Å². The molecule has 0 aromatic heterocycles. The highest BCUT2D eigenvalue weighted by atomic mass is 16.6. The van der Waals surface area contributed by atoms with Crippen molar-refractivity contribution in [3.63, 3.8) is 0 Å². The van der Waals surface area contributed by atoms with Gasteiger partial charge < -0.3 is 9.47 Å². The first-order valence-electron chi connectivity index (χ1n) is 7.67. The van der Waals surface area contributed by atoms with E-state index in [2.05, 4.69) is 13.0 Å². The lowest BCUT2D eigenvalue weighted by molar-refractivity contribution is 0.0476. The van der Waals surface area contributed by atoms with Crippen molar-refractivity contribution in [2.24, 2.45) is 0 Å². The molecule has 2 rings (SSSR count). The number of hydrogen-bond acceptors (Lipinski definition) is 3. The zero-order valence-corrected chi connectivity index (χ0v) is 12.3. The number of carbonyl (C=O) groups is 1. The van der Waals surface area contributed by atoms with Crippen molar-refractivity contribution >= 4 is 5.97 Å². The zero-order chi connectivity index (χ0) is 14.2. The molecule has 1 saturated heterocycles. The molecule has 0 bridgehead atoms. The summed E-state index contributed by atoms with van der Waals surface area (Å²) >= 11 is 0. The van der Waals surface area contributed by atoms with Crippen molar-refractivity contribution in [1.82, 2.24) is 0 Å². The Kier molecular flexibility index (Phi) is 6.06. The summed E-state index contributed by atoms with van der Waals surface area (Å²) in [6.07, 6.45) is 7.51. The topological polar surface area (TPSA) is 38.8 Å². The molecule has 1 aliphatic rings. The minimum absolute atomic E-state index is 0.126. The average molecular weight is 276 g/mol. The molecule has 1 heterocycles. The van der Waals surface area contributed by atoms with E-state index in [1.807, 2.05) is 18.2 Å². The molecule has 0 amide bonds. The molecule has 1 fully saturated rings. The van der Waals surface area contributed by atoms with Crippen LogP contribution in [-0.4, -0.2) is 25.3 Å². The largest absolute Gasteiger partial charge is 0.459 e. The van der Waals surface area contributed by atoms with Gasteiger partial charge in [0.15, 0.2) is 0 Å². The number of benzene rings is 1. The molecule has 3 nitrogen and oxygen atoms in total. The maximum Gasteiger partial charge on any atom is 0.338 e. The minimum atomic E-state index is -0.242. The molecule has 0 saturated carbocycles. The van der Waals surface area contributed by atoms with Crippen LogP contribution in [0.25, 0.3) is 0 Å². The monoisotopic (exact) mass is 276 g/mol. The van der Waals surface area contributed by atoms with Crippen LogP contribution >= 0.6 is 0 Å². The highest BCUT2D eigenvalue weighted by Gasteiger charge is 2.24. The fourth-order valence-electron chi connectivity index (χ4n) is 2.20. The summed E-state index contributed by atoms with van der Waals surface area (Å²) < 4.78 is 10.2. The first kappa shape index (κ1) is 15.0. The number of rotatable bonds is 9. The number of epoxide rings is 1. The van der Waals surface area contributed by atoms with Gasteiger partial charge in [-0.15, -0.1) is 0 Å². The molecular weight excluding hydrogens is 252 g/mol. The lowest BCUT2D eigenvalue weighted by Gasteiger charge is -2.06. The lowest BCUT2D eigenvalue weighted by Crippen LogP contribution is -2.10. The van der Waals surface area contributed by atoms with Crippen LogP contribution in [-0.2, 0) is 15.9 Å². The van der Waals surface area contributed by atoms with Gasteiger partial charge in [-0.25, -0.2) is 4.79 Å². The second kappa shape index (κ2) is 8.05. The summed E-state index contributed by atoms with van der Waals surface area (Å²) in [4.78, 5) is 11.9. The van der Waals surface area contributed by atoms with Crippen LogP contribution in [0.15, 0.2) is 24.3 Å². The number of esters is 1. The number of carbonyl (C=O) groups excluding carboxylic acids is 1. The molecule has 1 aromatic rings. The molecule has 20 heavy (non-hydrogen) atoms. The molecular formula is C17H24O3. The SMILES string of the molecule is CCCCCCCc1cccc(C(=O)OCC2CO2)c1. The molecule has 1 aromatic carbocycles. The summed E-state index contributed by atoms with van der Waals surface area (Å²) in [6, 6.07) is 7.79. The highest BCUT2D eigenvalue weighted by molar-refractivity contribution is 5.89. The van der Waals surface area contributed by atoms with E-state index < -0.39 is 0 Å². The van der Waals surface area contributed by atoms with Crippen molar-refractivity contribution in [3.05, 3.63) is 35.4 Å². The second-order valence-corrected chi connectivity index (χ2v) is 5.42. The van der Waals surface area contributed by atoms with Crippen LogP contribution in [0.2, 0.25) is 0 Å². The van der Waals surface area contributed by atoms with Crippen molar-refractivity contribution in [2.45, 2.75) is 51.6 Å². The highest BCUT2D eigenvalue weighted by Crippen LogP contribution is 2.14. The van der Waals surface area contributed by atoms with E-state index in [-0.39, 0.29) is 12.1 Å². The third-order valence-electron chi connectivity index (χ3n) is 3.53. The van der Waals surface area contributed by atoms with Crippen molar-refractivity contribution < 1.29 is 14.3 Å². The zero-order valence-electron chi connectivity index (χ0n) is 12.3. The summed E-state index contributed by atoms with van der Waals surface area (Å²) in [7, 11) is 0. The van der Waals surface area contributed by atoms with Crippen LogP contribution in [0.1, 0.15) is 54.9 Å². The molecule has 3 heteroatoms. The van der Waals surface area contributed by atoms with E-state index in [0.29, 0.717) is 18.8 Å². The Bertz CT molecular complexity index is 424. The quantitative estimate of drug-likeness (QED) is 0.391. The van der Waals surface area contributed by atoms with E-state index in [0.717, 1.165) is 6.42 Å². The third kappa shape index (κ3) is 5.33. The smallest absolute Gasteiger partial charge is 0.338 e. The second-order valence-electron chi connectivity index (χ2n) is 5.42. The summed E-state index contributed by atoms with van der Waals surface area (Å²) in [6.45, 7) is 3.31. The van der Waals surface area contributed by atoms with Gasteiger partial charge in [-0.3, -0.25) is 0 Å². The Morgan fingerprint density at radius 2 is 2.10 bits per heavy atom. The molecule has 0 N–H and O–H groups in total. The van der Waals surface area contributed by atoms with Gasteiger partial charge in [-0.05, 0) is 30.5 Å². The van der Waals surface area contributed by atoms with Gasteiger partial charge in [0.25, 0.3) is 0 Å². The van der Waals surface area contributed by atoms with Gasteiger partial charge in [0, 0.05) is 0 Å². The number of hydrogen-bond donors (Lipinski definition) is 0. The summed E-state index contributed by atoms with van der Waals surface area (Å²) in [5.41, 5.74) is 1.87. The fraction of sp³-hybridized carbons (Fsp3) is 0.588. The Labute approximate surface area is 121 Å². The maximum atomic E-state index is 11.9. The predicted molar refractivity (Wildman–Crippen MR) is 78.9 cm³/mol. The summed E-state index contributed by atoms with van der Waals surface area (Å²) in [5, 5.41) is 0. The molecule has 1 atom stereocenters. The predicted octanol–water partition coefficient (Wildman–Crippen LogP) is 3.76. The van der Waals surface area contributed by atoms with Crippen LogP contribution < -0.4 is 0 Å².